The Bertz CT molecular complexity index is 1100. The fourth-order valence-corrected chi connectivity index (χ4v) is 3.20. The molecule has 2 N–H and O–H groups in total. The van der Waals surface area contributed by atoms with Crippen LogP contribution in [0.3, 0.4) is 0 Å². The number of imidazole rings is 1. The molecule has 0 aromatic carbocycles. The molecule has 27 heavy (non-hydrogen) atoms. The van der Waals surface area contributed by atoms with Gasteiger partial charge in [-0.15, -0.1) is 0 Å². The van der Waals surface area contributed by atoms with Gasteiger partial charge in [-0.3, -0.25) is 10.1 Å². The van der Waals surface area contributed by atoms with Crippen LogP contribution in [0.4, 0.5) is 16.0 Å². The van der Waals surface area contributed by atoms with Crippen molar-refractivity contribution in [2.75, 3.05) is 5.32 Å². The Morgan fingerprint density at radius 2 is 2.15 bits per heavy atom. The standard InChI is InChI=1S/C19H18FN7/c1-11(14-4-2-3-7-21-14)27-10-22-16-8-13(20)18(24-19(16)27)23-17-9-15(25-26-17)12-5-6-12/h2-4,7-12H,5-6H2,1H3,(H2,23,24,25,26)/t11-/m0/s1. The van der Waals surface area contributed by atoms with Gasteiger partial charge in [-0.05, 0) is 31.9 Å². The molecule has 136 valence electrons. The second kappa shape index (κ2) is 6.15. The molecule has 0 unspecified atom stereocenters. The summed E-state index contributed by atoms with van der Waals surface area (Å²) in [6.07, 6.45) is 5.76. The lowest BCUT2D eigenvalue weighted by atomic mass is 10.2. The topological polar surface area (TPSA) is 84.3 Å². The van der Waals surface area contributed by atoms with Crippen LogP contribution in [0, 0.1) is 5.82 Å². The molecule has 1 saturated carbocycles. The van der Waals surface area contributed by atoms with Crippen molar-refractivity contribution in [2.45, 2.75) is 31.7 Å². The zero-order chi connectivity index (χ0) is 18.4. The van der Waals surface area contributed by atoms with Crippen molar-refractivity contribution in [3.63, 3.8) is 0 Å². The average Bonchev–Trinajstić information content (AvgIpc) is 3.31. The van der Waals surface area contributed by atoms with E-state index in [-0.39, 0.29) is 11.9 Å². The third-order valence-electron chi connectivity index (χ3n) is 4.90. The van der Waals surface area contributed by atoms with Crippen molar-refractivity contribution < 1.29 is 4.39 Å². The van der Waals surface area contributed by atoms with E-state index < -0.39 is 5.82 Å². The van der Waals surface area contributed by atoms with E-state index in [1.54, 1.807) is 12.5 Å². The molecule has 4 aromatic rings. The summed E-state index contributed by atoms with van der Waals surface area (Å²) in [5, 5.41) is 10.2. The molecule has 0 saturated heterocycles. The van der Waals surface area contributed by atoms with Gasteiger partial charge in [0, 0.05) is 29.9 Å². The lowest BCUT2D eigenvalue weighted by Gasteiger charge is -2.13. The summed E-state index contributed by atoms with van der Waals surface area (Å²) < 4.78 is 16.4. The van der Waals surface area contributed by atoms with Crippen molar-refractivity contribution in [1.29, 1.82) is 0 Å². The molecule has 0 radical (unpaired) electrons. The van der Waals surface area contributed by atoms with Gasteiger partial charge in [-0.2, -0.15) is 5.10 Å². The number of nitrogens with one attached hydrogen (secondary N) is 2. The Labute approximate surface area is 154 Å². The summed E-state index contributed by atoms with van der Waals surface area (Å²) in [7, 11) is 0. The Morgan fingerprint density at radius 1 is 1.26 bits per heavy atom. The number of nitrogens with zero attached hydrogens (tertiary/aromatic N) is 5. The molecule has 7 nitrogen and oxygen atoms in total. The quantitative estimate of drug-likeness (QED) is 0.561. The largest absolute Gasteiger partial charge is 0.321 e. The van der Waals surface area contributed by atoms with Crippen molar-refractivity contribution in [3.8, 4) is 0 Å². The summed E-state index contributed by atoms with van der Waals surface area (Å²) in [4.78, 5) is 13.2. The number of halogens is 1. The molecule has 1 atom stereocenters. The monoisotopic (exact) mass is 363 g/mol. The Kier molecular flexibility index (Phi) is 3.63. The van der Waals surface area contributed by atoms with E-state index in [9.17, 15) is 4.39 Å². The van der Waals surface area contributed by atoms with E-state index in [1.165, 1.54) is 18.9 Å². The number of aromatic amines is 1. The maximum atomic E-state index is 14.5. The van der Waals surface area contributed by atoms with E-state index >= 15 is 0 Å². The molecule has 4 heterocycles. The lowest BCUT2D eigenvalue weighted by Crippen LogP contribution is -2.08. The highest BCUT2D eigenvalue weighted by Crippen LogP contribution is 2.39. The average molecular weight is 363 g/mol. The molecular formula is C19H18FN7. The zero-order valence-electron chi connectivity index (χ0n) is 14.7. The first kappa shape index (κ1) is 15.9. The summed E-state index contributed by atoms with van der Waals surface area (Å²) in [5.41, 5.74) is 3.06. The van der Waals surface area contributed by atoms with Crippen LogP contribution >= 0.6 is 0 Å². The third kappa shape index (κ3) is 2.92. The van der Waals surface area contributed by atoms with Crippen LogP contribution in [-0.2, 0) is 0 Å². The Balaban J connectivity index is 1.50. The fourth-order valence-electron chi connectivity index (χ4n) is 3.20. The maximum absolute atomic E-state index is 14.5. The van der Waals surface area contributed by atoms with Crippen LogP contribution in [0.25, 0.3) is 11.2 Å². The Morgan fingerprint density at radius 3 is 2.93 bits per heavy atom. The minimum absolute atomic E-state index is 0.0751. The van der Waals surface area contributed by atoms with E-state index in [1.807, 2.05) is 35.8 Å². The molecular weight excluding hydrogens is 345 g/mol. The molecule has 1 aliphatic rings. The number of hydrogen-bond acceptors (Lipinski definition) is 5. The van der Waals surface area contributed by atoms with E-state index in [0.29, 0.717) is 22.9 Å². The Hall–Kier alpha value is -3.29. The number of aromatic nitrogens is 6. The number of pyridine rings is 2. The van der Waals surface area contributed by atoms with Gasteiger partial charge in [-0.1, -0.05) is 6.07 Å². The van der Waals surface area contributed by atoms with Crippen molar-refractivity contribution in [3.05, 3.63) is 60.1 Å². The smallest absolute Gasteiger partial charge is 0.170 e. The molecule has 0 amide bonds. The van der Waals surface area contributed by atoms with Gasteiger partial charge in [-0.25, -0.2) is 14.4 Å². The fraction of sp³-hybridized carbons (Fsp3) is 0.263. The van der Waals surface area contributed by atoms with Crippen LogP contribution in [0.2, 0.25) is 0 Å². The molecule has 0 spiro atoms. The van der Waals surface area contributed by atoms with E-state index in [4.69, 9.17) is 0 Å². The predicted octanol–water partition coefficient (Wildman–Crippen LogP) is 3.92. The number of anilines is 2. The number of rotatable bonds is 5. The highest BCUT2D eigenvalue weighted by molar-refractivity contribution is 5.74. The van der Waals surface area contributed by atoms with Gasteiger partial charge in [0.15, 0.2) is 23.1 Å². The maximum Gasteiger partial charge on any atom is 0.170 e. The summed E-state index contributed by atoms with van der Waals surface area (Å²) in [6, 6.07) is 8.98. The summed E-state index contributed by atoms with van der Waals surface area (Å²) >= 11 is 0. The first-order valence-corrected chi connectivity index (χ1v) is 8.95. The van der Waals surface area contributed by atoms with Gasteiger partial charge < -0.3 is 9.88 Å². The van der Waals surface area contributed by atoms with E-state index in [0.717, 1.165) is 11.4 Å². The van der Waals surface area contributed by atoms with Gasteiger partial charge in [0.2, 0.25) is 0 Å². The predicted molar refractivity (Wildman–Crippen MR) is 99.4 cm³/mol. The second-order valence-corrected chi connectivity index (χ2v) is 6.85. The van der Waals surface area contributed by atoms with Gasteiger partial charge >= 0.3 is 0 Å². The van der Waals surface area contributed by atoms with Crippen LogP contribution in [0.15, 0.2) is 42.9 Å². The van der Waals surface area contributed by atoms with Crippen molar-refractivity contribution in [1.82, 2.24) is 29.7 Å². The first-order chi connectivity index (χ1) is 13.2. The SMILES string of the molecule is C[C@@H](c1ccccn1)n1cnc2cc(F)c(Nc3cc(C4CC4)[nH]n3)nc21. The second-order valence-electron chi connectivity index (χ2n) is 6.85. The van der Waals surface area contributed by atoms with Crippen molar-refractivity contribution >= 4 is 22.8 Å². The molecule has 4 aromatic heterocycles. The molecule has 1 aliphatic carbocycles. The molecule has 0 bridgehead atoms. The number of H-pyrrole nitrogens is 1. The highest BCUT2D eigenvalue weighted by Gasteiger charge is 2.25. The minimum Gasteiger partial charge on any atom is -0.321 e. The van der Waals surface area contributed by atoms with Gasteiger partial charge in [0.1, 0.15) is 5.52 Å². The number of fused-ring (bicyclic) bond motifs is 1. The normalized spacial score (nSPS) is 15.2. The highest BCUT2D eigenvalue weighted by atomic mass is 19.1. The third-order valence-corrected chi connectivity index (χ3v) is 4.90. The molecule has 1 fully saturated rings. The van der Waals surface area contributed by atoms with Crippen LogP contribution in [0.5, 0.6) is 0 Å². The van der Waals surface area contributed by atoms with Crippen LogP contribution in [-0.4, -0.2) is 29.7 Å². The molecule has 0 aliphatic heterocycles. The summed E-state index contributed by atoms with van der Waals surface area (Å²) in [6.45, 7) is 2.01. The van der Waals surface area contributed by atoms with Gasteiger partial charge in [0.05, 0.1) is 18.1 Å². The van der Waals surface area contributed by atoms with Crippen LogP contribution in [0.1, 0.15) is 43.1 Å². The van der Waals surface area contributed by atoms with E-state index in [2.05, 4.69) is 30.5 Å². The molecule has 5 rings (SSSR count). The van der Waals surface area contributed by atoms with Crippen molar-refractivity contribution in [2.24, 2.45) is 0 Å². The zero-order valence-corrected chi connectivity index (χ0v) is 14.7. The first-order valence-electron chi connectivity index (χ1n) is 8.95. The molecule has 8 heteroatoms. The summed E-state index contributed by atoms with van der Waals surface area (Å²) in [5.74, 6) is 0.779. The minimum atomic E-state index is -0.464. The lowest BCUT2D eigenvalue weighted by molar-refractivity contribution is 0.621. The number of hydrogen-bond donors (Lipinski definition) is 2. The van der Waals surface area contributed by atoms with Crippen LogP contribution < -0.4 is 5.32 Å². The van der Waals surface area contributed by atoms with Gasteiger partial charge in [0.25, 0.3) is 0 Å².